The number of hydrogen-bond acceptors (Lipinski definition) is 3. The minimum atomic E-state index is -0.962. The van der Waals surface area contributed by atoms with Crippen LogP contribution in [-0.4, -0.2) is 24.3 Å². The number of halogens is 1. The van der Waals surface area contributed by atoms with Crippen molar-refractivity contribution in [2.45, 2.75) is 0 Å². The highest BCUT2D eigenvalue weighted by atomic mass is 79.9. The monoisotopic (exact) mass is 334 g/mol. The Hall–Kier alpha value is -2.01. The molecule has 0 aliphatic carbocycles. The maximum absolute atomic E-state index is 11.4. The fourth-order valence-electron chi connectivity index (χ4n) is 2.16. The lowest BCUT2D eigenvalue weighted by molar-refractivity contribution is 0.0697. The number of aromatic carboxylic acids is 1. The van der Waals surface area contributed by atoms with Crippen LogP contribution >= 0.6 is 15.9 Å². The van der Waals surface area contributed by atoms with Gasteiger partial charge in [-0.15, -0.1) is 0 Å². The van der Waals surface area contributed by atoms with Crippen molar-refractivity contribution < 1.29 is 19.4 Å². The van der Waals surface area contributed by atoms with E-state index in [9.17, 15) is 9.90 Å². The molecule has 0 radical (unpaired) electrons. The average Bonchev–Trinajstić information content (AvgIpc) is 2.46. The van der Waals surface area contributed by atoms with Crippen LogP contribution in [-0.2, 0) is 0 Å². The second-order valence-electron chi connectivity index (χ2n) is 4.35. The zero-order valence-corrected chi connectivity index (χ0v) is 12.0. The van der Waals surface area contributed by atoms with Crippen LogP contribution in [0.25, 0.3) is 11.1 Å². The third-order valence-electron chi connectivity index (χ3n) is 3.07. The molecule has 0 fully saturated rings. The van der Waals surface area contributed by atoms with E-state index in [1.165, 1.54) is 0 Å². The fraction of sp³-hybridized carbons (Fsp3) is 0.133. The number of carbonyl (C=O) groups is 1. The normalized spacial score (nSPS) is 13.1. The highest BCUT2D eigenvalue weighted by Gasteiger charge is 2.16. The molecule has 0 saturated heterocycles. The molecule has 1 heterocycles. The van der Waals surface area contributed by atoms with Gasteiger partial charge in [0.2, 0.25) is 0 Å². The molecule has 1 N–H and O–H groups in total. The molecule has 0 unspecified atom stereocenters. The van der Waals surface area contributed by atoms with E-state index >= 15 is 0 Å². The second-order valence-corrected chi connectivity index (χ2v) is 5.27. The molecular weight excluding hydrogens is 324 g/mol. The molecule has 0 bridgehead atoms. The Morgan fingerprint density at radius 1 is 1.05 bits per heavy atom. The van der Waals surface area contributed by atoms with Crippen molar-refractivity contribution in [3.63, 3.8) is 0 Å². The zero-order chi connectivity index (χ0) is 14.1. The molecule has 1 aliphatic heterocycles. The SMILES string of the molecule is O=C(O)c1cc(Br)ccc1-c1ccc2c(c1)OCCO2. The number of fused-ring (bicyclic) bond motifs is 1. The summed E-state index contributed by atoms with van der Waals surface area (Å²) < 4.78 is 11.7. The quantitative estimate of drug-likeness (QED) is 0.911. The van der Waals surface area contributed by atoms with E-state index in [4.69, 9.17) is 9.47 Å². The van der Waals surface area contributed by atoms with Gasteiger partial charge in [-0.3, -0.25) is 0 Å². The summed E-state index contributed by atoms with van der Waals surface area (Å²) >= 11 is 3.29. The third kappa shape index (κ3) is 2.36. The Morgan fingerprint density at radius 3 is 2.55 bits per heavy atom. The molecule has 0 amide bonds. The van der Waals surface area contributed by atoms with Crippen LogP contribution in [0.5, 0.6) is 11.5 Å². The van der Waals surface area contributed by atoms with Crippen LogP contribution in [0, 0.1) is 0 Å². The number of benzene rings is 2. The number of carboxylic acid groups (broad SMARTS) is 1. The van der Waals surface area contributed by atoms with Crippen molar-refractivity contribution in [2.24, 2.45) is 0 Å². The minimum Gasteiger partial charge on any atom is -0.486 e. The Kier molecular flexibility index (Phi) is 3.36. The van der Waals surface area contributed by atoms with Gasteiger partial charge in [-0.05, 0) is 35.4 Å². The first-order chi connectivity index (χ1) is 9.65. The molecule has 0 spiro atoms. The zero-order valence-electron chi connectivity index (χ0n) is 10.4. The van der Waals surface area contributed by atoms with Crippen molar-refractivity contribution in [3.8, 4) is 22.6 Å². The van der Waals surface area contributed by atoms with Crippen LogP contribution in [0.15, 0.2) is 40.9 Å². The third-order valence-corrected chi connectivity index (χ3v) is 3.56. The van der Waals surface area contributed by atoms with E-state index in [2.05, 4.69) is 15.9 Å². The van der Waals surface area contributed by atoms with E-state index in [1.54, 1.807) is 18.2 Å². The predicted octanol–water partition coefficient (Wildman–Crippen LogP) is 3.59. The van der Waals surface area contributed by atoms with Crippen LogP contribution in [0.4, 0.5) is 0 Å². The molecule has 1 aliphatic rings. The van der Waals surface area contributed by atoms with Crippen molar-refractivity contribution in [3.05, 3.63) is 46.4 Å². The van der Waals surface area contributed by atoms with E-state index in [0.29, 0.717) is 30.3 Å². The Bertz CT molecular complexity index is 682. The number of carboxylic acids is 1. The molecular formula is C15H11BrO4. The van der Waals surface area contributed by atoms with Gasteiger partial charge in [0.15, 0.2) is 11.5 Å². The molecule has 2 aromatic rings. The summed E-state index contributed by atoms with van der Waals surface area (Å²) in [7, 11) is 0. The van der Waals surface area contributed by atoms with Crippen LogP contribution < -0.4 is 9.47 Å². The summed E-state index contributed by atoms with van der Waals surface area (Å²) in [6.07, 6.45) is 0. The van der Waals surface area contributed by atoms with Crippen molar-refractivity contribution in [2.75, 3.05) is 13.2 Å². The Labute approximate surface area is 124 Å². The lowest BCUT2D eigenvalue weighted by atomic mass is 9.99. The Balaban J connectivity index is 2.11. The molecule has 0 atom stereocenters. The number of hydrogen-bond donors (Lipinski definition) is 1. The van der Waals surface area contributed by atoms with Gasteiger partial charge in [0.25, 0.3) is 0 Å². The lowest BCUT2D eigenvalue weighted by Crippen LogP contribution is -2.15. The first-order valence-electron chi connectivity index (χ1n) is 6.08. The van der Waals surface area contributed by atoms with E-state index in [-0.39, 0.29) is 5.56 Å². The van der Waals surface area contributed by atoms with E-state index < -0.39 is 5.97 Å². The first-order valence-corrected chi connectivity index (χ1v) is 6.87. The number of ether oxygens (including phenoxy) is 2. The fourth-order valence-corrected chi connectivity index (χ4v) is 2.52. The Morgan fingerprint density at radius 2 is 1.80 bits per heavy atom. The maximum Gasteiger partial charge on any atom is 0.336 e. The minimum absolute atomic E-state index is 0.246. The molecule has 4 nitrogen and oxygen atoms in total. The smallest absolute Gasteiger partial charge is 0.336 e. The second kappa shape index (κ2) is 5.17. The molecule has 0 saturated carbocycles. The van der Waals surface area contributed by atoms with Gasteiger partial charge in [0, 0.05) is 4.47 Å². The van der Waals surface area contributed by atoms with Crippen molar-refractivity contribution in [1.29, 1.82) is 0 Å². The van der Waals surface area contributed by atoms with Crippen LogP contribution in [0.2, 0.25) is 0 Å². The predicted molar refractivity (Wildman–Crippen MR) is 77.5 cm³/mol. The van der Waals surface area contributed by atoms with Crippen LogP contribution in [0.3, 0.4) is 0 Å². The molecule has 102 valence electrons. The van der Waals surface area contributed by atoms with Gasteiger partial charge in [0.05, 0.1) is 5.56 Å². The van der Waals surface area contributed by atoms with Gasteiger partial charge in [-0.2, -0.15) is 0 Å². The summed E-state index contributed by atoms with van der Waals surface area (Å²) in [5.41, 5.74) is 1.69. The first kappa shape index (κ1) is 13.0. The molecule has 0 aromatic heterocycles. The highest BCUT2D eigenvalue weighted by molar-refractivity contribution is 9.10. The standard InChI is InChI=1S/C15H11BrO4/c16-10-2-3-11(12(8-10)15(17)18)9-1-4-13-14(7-9)20-6-5-19-13/h1-4,7-8H,5-6H2,(H,17,18). The summed E-state index contributed by atoms with van der Waals surface area (Å²) in [5.74, 6) is 0.373. The molecule has 5 heteroatoms. The van der Waals surface area contributed by atoms with Crippen molar-refractivity contribution >= 4 is 21.9 Å². The van der Waals surface area contributed by atoms with Gasteiger partial charge >= 0.3 is 5.97 Å². The maximum atomic E-state index is 11.4. The summed E-state index contributed by atoms with van der Waals surface area (Å²) in [4.78, 5) is 11.4. The van der Waals surface area contributed by atoms with Crippen molar-refractivity contribution in [1.82, 2.24) is 0 Å². The number of rotatable bonds is 2. The highest BCUT2D eigenvalue weighted by Crippen LogP contribution is 2.36. The lowest BCUT2D eigenvalue weighted by Gasteiger charge is -2.19. The molecule has 3 rings (SSSR count). The van der Waals surface area contributed by atoms with E-state index in [1.807, 2.05) is 18.2 Å². The topological polar surface area (TPSA) is 55.8 Å². The van der Waals surface area contributed by atoms with Gasteiger partial charge in [-0.1, -0.05) is 28.1 Å². The summed E-state index contributed by atoms with van der Waals surface area (Å²) in [5, 5.41) is 9.31. The largest absolute Gasteiger partial charge is 0.486 e. The van der Waals surface area contributed by atoms with Gasteiger partial charge in [0.1, 0.15) is 13.2 Å². The van der Waals surface area contributed by atoms with Gasteiger partial charge < -0.3 is 14.6 Å². The molecule has 20 heavy (non-hydrogen) atoms. The average molecular weight is 335 g/mol. The summed E-state index contributed by atoms with van der Waals surface area (Å²) in [6, 6.07) is 10.6. The summed E-state index contributed by atoms with van der Waals surface area (Å²) in [6.45, 7) is 1.04. The molecule has 2 aromatic carbocycles. The van der Waals surface area contributed by atoms with E-state index in [0.717, 1.165) is 10.0 Å². The van der Waals surface area contributed by atoms with Crippen LogP contribution in [0.1, 0.15) is 10.4 Å². The van der Waals surface area contributed by atoms with Gasteiger partial charge in [-0.25, -0.2) is 4.79 Å².